The maximum absolute atomic E-state index is 11.4. The Morgan fingerprint density at radius 3 is 3.27 bits per heavy atom. The summed E-state index contributed by atoms with van der Waals surface area (Å²) in [4.78, 5) is 12.9. The molecular weight excluding hydrogens is 196 g/mol. The standard InChI is InChI=1S/C10H12N2O3/c1-14-10(13)12-5-4-7-2-3-8(6-11)15-9(7)12/h3,7,9H,2,4-5H2,1H3. The molecule has 5 heteroatoms. The minimum atomic E-state index is -0.387. The van der Waals surface area contributed by atoms with E-state index in [9.17, 15) is 4.79 Å². The van der Waals surface area contributed by atoms with E-state index in [-0.39, 0.29) is 12.3 Å². The second-order valence-corrected chi connectivity index (χ2v) is 3.64. The Morgan fingerprint density at radius 2 is 2.60 bits per heavy atom. The van der Waals surface area contributed by atoms with Gasteiger partial charge in [0.15, 0.2) is 12.0 Å². The van der Waals surface area contributed by atoms with Crippen molar-refractivity contribution >= 4 is 6.09 Å². The van der Waals surface area contributed by atoms with Crippen molar-refractivity contribution in [1.29, 1.82) is 5.26 Å². The summed E-state index contributed by atoms with van der Waals surface area (Å²) < 4.78 is 10.1. The number of likely N-dealkylation sites (tertiary alicyclic amines) is 1. The van der Waals surface area contributed by atoms with Crippen molar-refractivity contribution < 1.29 is 14.3 Å². The summed E-state index contributed by atoms with van der Waals surface area (Å²) in [7, 11) is 1.35. The molecule has 2 rings (SSSR count). The molecule has 2 heterocycles. The second kappa shape index (κ2) is 3.81. The fourth-order valence-corrected chi connectivity index (χ4v) is 2.04. The van der Waals surface area contributed by atoms with E-state index in [0.717, 1.165) is 12.8 Å². The van der Waals surface area contributed by atoms with Crippen LogP contribution in [-0.2, 0) is 9.47 Å². The van der Waals surface area contributed by atoms with Gasteiger partial charge < -0.3 is 9.47 Å². The Balaban J connectivity index is 2.12. The van der Waals surface area contributed by atoms with Crippen molar-refractivity contribution in [1.82, 2.24) is 4.90 Å². The summed E-state index contributed by atoms with van der Waals surface area (Å²) in [6.45, 7) is 0.633. The maximum atomic E-state index is 11.4. The molecule has 0 spiro atoms. The van der Waals surface area contributed by atoms with Gasteiger partial charge in [-0.2, -0.15) is 5.26 Å². The lowest BCUT2D eigenvalue weighted by molar-refractivity contribution is -0.0190. The Bertz CT molecular complexity index is 345. The molecule has 0 aromatic rings. The zero-order chi connectivity index (χ0) is 10.8. The molecule has 0 aromatic carbocycles. The van der Waals surface area contributed by atoms with E-state index in [1.165, 1.54) is 12.0 Å². The van der Waals surface area contributed by atoms with E-state index >= 15 is 0 Å². The Morgan fingerprint density at radius 1 is 1.80 bits per heavy atom. The fraction of sp³-hybridized carbons (Fsp3) is 0.600. The van der Waals surface area contributed by atoms with Crippen LogP contribution >= 0.6 is 0 Å². The van der Waals surface area contributed by atoms with Gasteiger partial charge in [0.05, 0.1) is 7.11 Å². The van der Waals surface area contributed by atoms with Crippen molar-refractivity contribution in [2.45, 2.75) is 19.1 Å². The Hall–Kier alpha value is -1.70. The van der Waals surface area contributed by atoms with Crippen LogP contribution in [0.5, 0.6) is 0 Å². The van der Waals surface area contributed by atoms with Crippen LogP contribution in [0.4, 0.5) is 4.79 Å². The summed E-state index contributed by atoms with van der Waals surface area (Å²) in [5.74, 6) is 0.591. The molecule has 0 aliphatic carbocycles. The first-order valence-corrected chi connectivity index (χ1v) is 4.87. The minimum absolute atomic E-state index is 0.293. The van der Waals surface area contributed by atoms with Gasteiger partial charge in [0.1, 0.15) is 6.07 Å². The summed E-state index contributed by atoms with van der Waals surface area (Å²) in [5, 5.41) is 8.72. The van der Waals surface area contributed by atoms with Crippen LogP contribution in [0, 0.1) is 17.2 Å². The molecule has 15 heavy (non-hydrogen) atoms. The molecule has 80 valence electrons. The van der Waals surface area contributed by atoms with Gasteiger partial charge >= 0.3 is 6.09 Å². The quantitative estimate of drug-likeness (QED) is 0.600. The highest BCUT2D eigenvalue weighted by atomic mass is 16.6. The topological polar surface area (TPSA) is 62.6 Å². The molecule has 2 atom stereocenters. The number of nitriles is 1. The summed E-state index contributed by atoms with van der Waals surface area (Å²) in [6.07, 6.45) is 2.76. The lowest BCUT2D eigenvalue weighted by Gasteiger charge is -2.29. The van der Waals surface area contributed by atoms with Crippen molar-refractivity contribution in [3.63, 3.8) is 0 Å². The van der Waals surface area contributed by atoms with E-state index in [1.807, 2.05) is 6.07 Å². The monoisotopic (exact) mass is 208 g/mol. The van der Waals surface area contributed by atoms with Crippen LogP contribution in [-0.4, -0.2) is 30.9 Å². The van der Waals surface area contributed by atoms with E-state index in [2.05, 4.69) is 4.74 Å². The molecule has 0 bridgehead atoms. The number of amides is 1. The molecule has 0 saturated carbocycles. The lowest BCUT2D eigenvalue weighted by Crippen LogP contribution is -2.40. The largest absolute Gasteiger partial charge is 0.460 e. The maximum Gasteiger partial charge on any atom is 0.412 e. The Labute approximate surface area is 87.9 Å². The SMILES string of the molecule is COC(=O)N1CCC2CC=C(C#N)OC21. The third kappa shape index (κ3) is 1.63. The first-order chi connectivity index (χ1) is 7.26. The molecule has 0 radical (unpaired) electrons. The van der Waals surface area contributed by atoms with Gasteiger partial charge in [-0.1, -0.05) is 0 Å². The van der Waals surface area contributed by atoms with Crippen LogP contribution < -0.4 is 0 Å². The zero-order valence-corrected chi connectivity index (χ0v) is 8.47. The molecule has 0 N–H and O–H groups in total. The molecule has 1 saturated heterocycles. The fourth-order valence-electron chi connectivity index (χ4n) is 2.04. The third-order valence-corrected chi connectivity index (χ3v) is 2.82. The van der Waals surface area contributed by atoms with Crippen LogP contribution in [0.3, 0.4) is 0 Å². The van der Waals surface area contributed by atoms with Gasteiger partial charge in [0.25, 0.3) is 0 Å². The number of ether oxygens (including phenoxy) is 2. The number of hydrogen-bond donors (Lipinski definition) is 0. The summed E-state index contributed by atoms with van der Waals surface area (Å²) in [5.41, 5.74) is 0. The van der Waals surface area contributed by atoms with E-state index in [4.69, 9.17) is 10.00 Å². The number of carbonyl (C=O) groups excluding carboxylic acids is 1. The molecule has 2 aliphatic rings. The predicted octanol–water partition coefficient (Wildman–Crippen LogP) is 1.23. The van der Waals surface area contributed by atoms with Crippen molar-refractivity contribution in [2.24, 2.45) is 5.92 Å². The van der Waals surface area contributed by atoms with Crippen LogP contribution in [0.15, 0.2) is 11.8 Å². The van der Waals surface area contributed by atoms with Gasteiger partial charge in [-0.25, -0.2) is 4.79 Å². The van der Waals surface area contributed by atoms with Crippen molar-refractivity contribution in [2.75, 3.05) is 13.7 Å². The van der Waals surface area contributed by atoms with Crippen molar-refractivity contribution in [3.8, 4) is 6.07 Å². The van der Waals surface area contributed by atoms with Gasteiger partial charge in [-0.15, -0.1) is 0 Å². The van der Waals surface area contributed by atoms with Gasteiger partial charge in [-0.05, 0) is 18.9 Å². The first kappa shape index (κ1) is 9.84. The first-order valence-electron chi connectivity index (χ1n) is 4.87. The number of allylic oxidation sites excluding steroid dienone is 2. The molecule has 2 aliphatic heterocycles. The van der Waals surface area contributed by atoms with Gasteiger partial charge in [0, 0.05) is 12.5 Å². The van der Waals surface area contributed by atoms with Gasteiger partial charge in [0.2, 0.25) is 0 Å². The highest BCUT2D eigenvalue weighted by Gasteiger charge is 2.41. The van der Waals surface area contributed by atoms with Crippen LogP contribution in [0.1, 0.15) is 12.8 Å². The summed E-state index contributed by atoms with van der Waals surface area (Å²) >= 11 is 0. The van der Waals surface area contributed by atoms with E-state index < -0.39 is 0 Å². The second-order valence-electron chi connectivity index (χ2n) is 3.64. The van der Waals surface area contributed by atoms with Gasteiger partial charge in [-0.3, -0.25) is 4.90 Å². The van der Waals surface area contributed by atoms with E-state index in [1.54, 1.807) is 6.08 Å². The predicted molar refractivity (Wildman–Crippen MR) is 50.4 cm³/mol. The highest BCUT2D eigenvalue weighted by Crippen LogP contribution is 2.33. The number of methoxy groups -OCH3 is 1. The number of carbonyl (C=O) groups is 1. The number of rotatable bonds is 0. The molecule has 2 unspecified atom stereocenters. The minimum Gasteiger partial charge on any atom is -0.460 e. The summed E-state index contributed by atoms with van der Waals surface area (Å²) in [6, 6.07) is 1.95. The molecule has 1 fully saturated rings. The molecule has 0 aromatic heterocycles. The lowest BCUT2D eigenvalue weighted by atomic mass is 10.0. The molecule has 5 nitrogen and oxygen atoms in total. The number of fused-ring (bicyclic) bond motifs is 1. The highest BCUT2D eigenvalue weighted by molar-refractivity contribution is 5.68. The molecular formula is C10H12N2O3. The smallest absolute Gasteiger partial charge is 0.412 e. The average molecular weight is 208 g/mol. The normalized spacial score (nSPS) is 28.5. The van der Waals surface area contributed by atoms with Crippen molar-refractivity contribution in [3.05, 3.63) is 11.8 Å². The zero-order valence-electron chi connectivity index (χ0n) is 8.47. The van der Waals surface area contributed by atoms with E-state index in [0.29, 0.717) is 18.2 Å². The Kier molecular flexibility index (Phi) is 2.50. The third-order valence-electron chi connectivity index (χ3n) is 2.82. The number of nitrogens with zero attached hydrogens (tertiary/aromatic N) is 2. The molecule has 1 amide bonds. The van der Waals surface area contributed by atoms with Crippen LogP contribution in [0.25, 0.3) is 0 Å². The van der Waals surface area contributed by atoms with Crippen LogP contribution in [0.2, 0.25) is 0 Å². The number of hydrogen-bond acceptors (Lipinski definition) is 4. The average Bonchev–Trinajstić information content (AvgIpc) is 2.70.